The van der Waals surface area contributed by atoms with Crippen molar-refractivity contribution in [2.24, 2.45) is 11.8 Å². The summed E-state index contributed by atoms with van der Waals surface area (Å²) < 4.78 is 4.97. The SMILES string of the molecule is COCCNC1CC(C(C)C)C1. The quantitative estimate of drug-likeness (QED) is 0.635. The molecule has 0 atom stereocenters. The van der Waals surface area contributed by atoms with Crippen LogP contribution in [0.1, 0.15) is 26.7 Å². The standard InChI is InChI=1S/C10H21NO/c1-8(2)9-6-10(7-9)11-4-5-12-3/h8-11H,4-7H2,1-3H3. The monoisotopic (exact) mass is 171 g/mol. The van der Waals surface area contributed by atoms with Gasteiger partial charge in [0.2, 0.25) is 0 Å². The Morgan fingerprint density at radius 1 is 1.42 bits per heavy atom. The van der Waals surface area contributed by atoms with E-state index in [1.54, 1.807) is 7.11 Å². The van der Waals surface area contributed by atoms with E-state index in [2.05, 4.69) is 19.2 Å². The maximum absolute atomic E-state index is 4.97. The van der Waals surface area contributed by atoms with Gasteiger partial charge in [-0.3, -0.25) is 0 Å². The molecule has 1 aliphatic carbocycles. The molecule has 12 heavy (non-hydrogen) atoms. The Bertz CT molecular complexity index is 119. The van der Waals surface area contributed by atoms with Crippen molar-refractivity contribution in [2.45, 2.75) is 32.7 Å². The third kappa shape index (κ3) is 2.76. The fourth-order valence-corrected chi connectivity index (χ4v) is 1.74. The van der Waals surface area contributed by atoms with E-state index in [1.807, 2.05) is 0 Å². The van der Waals surface area contributed by atoms with Gasteiger partial charge in [-0.05, 0) is 24.7 Å². The average molecular weight is 171 g/mol. The molecule has 0 unspecified atom stereocenters. The van der Waals surface area contributed by atoms with Gasteiger partial charge in [0.25, 0.3) is 0 Å². The maximum Gasteiger partial charge on any atom is 0.0587 e. The van der Waals surface area contributed by atoms with Gasteiger partial charge >= 0.3 is 0 Å². The van der Waals surface area contributed by atoms with Crippen LogP contribution in [0, 0.1) is 11.8 Å². The van der Waals surface area contributed by atoms with Gasteiger partial charge in [-0.25, -0.2) is 0 Å². The second-order valence-corrected chi connectivity index (χ2v) is 4.12. The molecule has 0 aromatic carbocycles. The van der Waals surface area contributed by atoms with Crippen LogP contribution in [-0.2, 0) is 4.74 Å². The number of hydrogen-bond acceptors (Lipinski definition) is 2. The van der Waals surface area contributed by atoms with Gasteiger partial charge in [-0.15, -0.1) is 0 Å². The second-order valence-electron chi connectivity index (χ2n) is 4.12. The highest BCUT2D eigenvalue weighted by atomic mass is 16.5. The third-order valence-corrected chi connectivity index (χ3v) is 2.86. The van der Waals surface area contributed by atoms with E-state index < -0.39 is 0 Å². The highest BCUT2D eigenvalue weighted by Gasteiger charge is 2.30. The first-order valence-corrected chi connectivity index (χ1v) is 4.96. The molecule has 2 heteroatoms. The lowest BCUT2D eigenvalue weighted by molar-refractivity contribution is 0.147. The van der Waals surface area contributed by atoms with E-state index in [-0.39, 0.29) is 0 Å². The number of nitrogens with one attached hydrogen (secondary N) is 1. The van der Waals surface area contributed by atoms with E-state index >= 15 is 0 Å². The van der Waals surface area contributed by atoms with Crippen LogP contribution < -0.4 is 5.32 Å². The van der Waals surface area contributed by atoms with Crippen molar-refractivity contribution in [1.82, 2.24) is 5.32 Å². The molecule has 0 radical (unpaired) electrons. The van der Waals surface area contributed by atoms with Crippen LogP contribution in [0.3, 0.4) is 0 Å². The van der Waals surface area contributed by atoms with E-state index in [4.69, 9.17) is 4.74 Å². The Hall–Kier alpha value is -0.0800. The molecule has 1 aliphatic rings. The summed E-state index contributed by atoms with van der Waals surface area (Å²) in [6.45, 7) is 6.47. The summed E-state index contributed by atoms with van der Waals surface area (Å²) >= 11 is 0. The summed E-state index contributed by atoms with van der Waals surface area (Å²) in [4.78, 5) is 0. The van der Waals surface area contributed by atoms with Gasteiger partial charge in [-0.2, -0.15) is 0 Å². The highest BCUT2D eigenvalue weighted by Crippen LogP contribution is 2.33. The van der Waals surface area contributed by atoms with E-state index in [0.29, 0.717) is 0 Å². The van der Waals surface area contributed by atoms with Crippen molar-refractivity contribution in [1.29, 1.82) is 0 Å². The lowest BCUT2D eigenvalue weighted by Crippen LogP contribution is -2.44. The van der Waals surface area contributed by atoms with Crippen LogP contribution in [-0.4, -0.2) is 26.3 Å². The third-order valence-electron chi connectivity index (χ3n) is 2.86. The number of ether oxygens (including phenoxy) is 1. The minimum atomic E-state index is 0.771. The van der Waals surface area contributed by atoms with Gasteiger partial charge in [0.1, 0.15) is 0 Å². The Labute approximate surface area is 75.7 Å². The molecule has 1 N–H and O–H groups in total. The van der Waals surface area contributed by atoms with Crippen molar-refractivity contribution in [3.05, 3.63) is 0 Å². The first-order chi connectivity index (χ1) is 5.74. The normalized spacial score (nSPS) is 29.0. The summed E-state index contributed by atoms with van der Waals surface area (Å²) in [6, 6.07) is 0.771. The first kappa shape index (κ1) is 10.0. The lowest BCUT2D eigenvalue weighted by Gasteiger charge is -2.38. The molecule has 0 saturated heterocycles. The molecule has 72 valence electrons. The van der Waals surface area contributed by atoms with Gasteiger partial charge in [0, 0.05) is 19.7 Å². The topological polar surface area (TPSA) is 21.3 Å². The molecule has 2 nitrogen and oxygen atoms in total. The Morgan fingerprint density at radius 3 is 2.58 bits per heavy atom. The predicted molar refractivity (Wildman–Crippen MR) is 51.2 cm³/mol. The summed E-state index contributed by atoms with van der Waals surface area (Å²) in [6.07, 6.45) is 2.72. The number of methoxy groups -OCH3 is 1. The Morgan fingerprint density at radius 2 is 2.08 bits per heavy atom. The second kappa shape index (κ2) is 4.83. The molecule has 0 aromatic heterocycles. The zero-order valence-electron chi connectivity index (χ0n) is 8.47. The van der Waals surface area contributed by atoms with Gasteiger partial charge < -0.3 is 10.1 Å². The maximum atomic E-state index is 4.97. The van der Waals surface area contributed by atoms with Crippen LogP contribution in [0.25, 0.3) is 0 Å². The molecule has 0 heterocycles. The number of hydrogen-bond donors (Lipinski definition) is 1. The van der Waals surface area contributed by atoms with Crippen LogP contribution in [0.2, 0.25) is 0 Å². The van der Waals surface area contributed by atoms with Crippen molar-refractivity contribution in [3.63, 3.8) is 0 Å². The molecule has 0 amide bonds. The molecule has 0 aromatic rings. The fraction of sp³-hybridized carbons (Fsp3) is 1.00. The van der Waals surface area contributed by atoms with Crippen LogP contribution in [0.15, 0.2) is 0 Å². The summed E-state index contributed by atoms with van der Waals surface area (Å²) in [5.74, 6) is 1.83. The Kier molecular flexibility index (Phi) is 4.02. The first-order valence-electron chi connectivity index (χ1n) is 4.96. The molecular weight excluding hydrogens is 150 g/mol. The van der Waals surface area contributed by atoms with Gasteiger partial charge in [-0.1, -0.05) is 13.8 Å². The van der Waals surface area contributed by atoms with Crippen molar-refractivity contribution in [2.75, 3.05) is 20.3 Å². The van der Waals surface area contributed by atoms with Crippen LogP contribution in [0.5, 0.6) is 0 Å². The highest BCUT2D eigenvalue weighted by molar-refractivity contribution is 4.86. The minimum Gasteiger partial charge on any atom is -0.383 e. The van der Waals surface area contributed by atoms with E-state index in [0.717, 1.165) is 31.0 Å². The van der Waals surface area contributed by atoms with Crippen molar-refractivity contribution in [3.8, 4) is 0 Å². The summed E-state index contributed by atoms with van der Waals surface area (Å²) in [7, 11) is 1.75. The summed E-state index contributed by atoms with van der Waals surface area (Å²) in [5.41, 5.74) is 0. The molecule has 0 spiro atoms. The van der Waals surface area contributed by atoms with E-state index in [9.17, 15) is 0 Å². The minimum absolute atomic E-state index is 0.771. The smallest absolute Gasteiger partial charge is 0.0587 e. The fourth-order valence-electron chi connectivity index (χ4n) is 1.74. The zero-order valence-corrected chi connectivity index (χ0v) is 8.47. The number of rotatable bonds is 5. The van der Waals surface area contributed by atoms with Gasteiger partial charge in [0.05, 0.1) is 6.61 Å². The average Bonchev–Trinajstić information content (AvgIpc) is 1.93. The van der Waals surface area contributed by atoms with Gasteiger partial charge in [0.15, 0.2) is 0 Å². The van der Waals surface area contributed by atoms with Crippen molar-refractivity contribution >= 4 is 0 Å². The zero-order chi connectivity index (χ0) is 8.97. The lowest BCUT2D eigenvalue weighted by atomic mass is 9.74. The predicted octanol–water partition coefficient (Wildman–Crippen LogP) is 1.66. The largest absolute Gasteiger partial charge is 0.383 e. The molecule has 0 aliphatic heterocycles. The molecule has 0 bridgehead atoms. The molecular formula is C10H21NO. The molecule has 1 saturated carbocycles. The van der Waals surface area contributed by atoms with Crippen LogP contribution in [0.4, 0.5) is 0 Å². The molecule has 1 rings (SSSR count). The Balaban J connectivity index is 1.95. The summed E-state index contributed by atoms with van der Waals surface area (Å²) in [5, 5.41) is 3.48. The van der Waals surface area contributed by atoms with Crippen molar-refractivity contribution < 1.29 is 4.74 Å². The molecule has 1 fully saturated rings. The van der Waals surface area contributed by atoms with Crippen LogP contribution >= 0.6 is 0 Å². The van der Waals surface area contributed by atoms with E-state index in [1.165, 1.54) is 12.8 Å².